The van der Waals surface area contributed by atoms with E-state index in [1.54, 1.807) is 19.2 Å². The molecule has 3 aromatic rings. The Labute approximate surface area is 199 Å². The van der Waals surface area contributed by atoms with E-state index in [2.05, 4.69) is 5.10 Å². The Kier molecular flexibility index (Phi) is 6.92. The van der Waals surface area contributed by atoms with Crippen LogP contribution in [0.25, 0.3) is 0 Å². The Hall–Kier alpha value is -4.13. The van der Waals surface area contributed by atoms with Gasteiger partial charge >= 0.3 is 5.97 Å². The second kappa shape index (κ2) is 10.2. The molecule has 3 aromatic carbocycles. The topological polar surface area (TPSA) is 71.4 Å². The van der Waals surface area contributed by atoms with Gasteiger partial charge in [0.1, 0.15) is 5.75 Å². The number of benzene rings is 3. The van der Waals surface area contributed by atoms with Gasteiger partial charge in [-0.1, -0.05) is 42.5 Å². The van der Waals surface area contributed by atoms with Crippen LogP contribution < -0.4 is 9.64 Å². The first-order valence-electron chi connectivity index (χ1n) is 11.0. The molecule has 174 valence electrons. The molecule has 0 radical (unpaired) electrons. The molecule has 7 heteroatoms. The second-order valence-electron chi connectivity index (χ2n) is 8.16. The number of nitrogens with zero attached hydrogens (tertiary/aromatic N) is 3. The van der Waals surface area contributed by atoms with Gasteiger partial charge in [0, 0.05) is 26.2 Å². The highest BCUT2D eigenvalue weighted by atomic mass is 16.5. The SMILES string of the molecule is COc1ccc(C2CC(c3ccccc3)=NN2C(=O)COC(=O)c2ccc(N(C)C)cc2)cc1. The Morgan fingerprint density at radius 3 is 2.26 bits per heavy atom. The molecule has 0 aromatic heterocycles. The molecule has 7 nitrogen and oxygen atoms in total. The minimum atomic E-state index is -0.550. The molecule has 34 heavy (non-hydrogen) atoms. The van der Waals surface area contributed by atoms with E-state index >= 15 is 0 Å². The number of hydrogen-bond donors (Lipinski definition) is 0. The van der Waals surface area contributed by atoms with Gasteiger partial charge < -0.3 is 14.4 Å². The second-order valence-corrected chi connectivity index (χ2v) is 8.16. The average molecular weight is 458 g/mol. The van der Waals surface area contributed by atoms with Gasteiger partial charge in [0.05, 0.1) is 24.4 Å². The molecule has 0 bridgehead atoms. The molecule has 1 heterocycles. The van der Waals surface area contributed by atoms with E-state index in [9.17, 15) is 9.59 Å². The third kappa shape index (κ3) is 5.09. The third-order valence-corrected chi connectivity index (χ3v) is 5.72. The smallest absolute Gasteiger partial charge is 0.338 e. The molecule has 1 atom stereocenters. The summed E-state index contributed by atoms with van der Waals surface area (Å²) in [6, 6.07) is 24.0. The molecule has 0 spiro atoms. The number of methoxy groups -OCH3 is 1. The first kappa shape index (κ1) is 23.0. The van der Waals surface area contributed by atoms with E-state index in [1.807, 2.05) is 85.7 Å². The van der Waals surface area contributed by atoms with Crippen molar-refractivity contribution in [2.75, 3.05) is 32.7 Å². The fourth-order valence-corrected chi connectivity index (χ4v) is 3.80. The fraction of sp³-hybridized carbons (Fsp3) is 0.222. The highest BCUT2D eigenvalue weighted by Crippen LogP contribution is 2.33. The lowest BCUT2D eigenvalue weighted by atomic mass is 9.98. The summed E-state index contributed by atoms with van der Waals surface area (Å²) < 4.78 is 10.6. The van der Waals surface area contributed by atoms with Gasteiger partial charge in [0.15, 0.2) is 6.61 Å². The number of hydrazone groups is 1. The van der Waals surface area contributed by atoms with Crippen molar-refractivity contribution in [3.63, 3.8) is 0 Å². The van der Waals surface area contributed by atoms with Crippen molar-refractivity contribution < 1.29 is 19.1 Å². The number of amides is 1. The Morgan fingerprint density at radius 1 is 0.971 bits per heavy atom. The molecule has 0 fully saturated rings. The maximum Gasteiger partial charge on any atom is 0.338 e. The summed E-state index contributed by atoms with van der Waals surface area (Å²) in [6.45, 7) is -0.396. The Balaban J connectivity index is 1.50. The number of ether oxygens (including phenoxy) is 2. The third-order valence-electron chi connectivity index (χ3n) is 5.72. The van der Waals surface area contributed by atoms with E-state index in [4.69, 9.17) is 9.47 Å². The van der Waals surface area contributed by atoms with Crippen LogP contribution in [-0.4, -0.2) is 50.4 Å². The van der Waals surface area contributed by atoms with Gasteiger partial charge in [0.25, 0.3) is 5.91 Å². The predicted octanol–water partition coefficient (Wildman–Crippen LogP) is 4.30. The van der Waals surface area contributed by atoms with Crippen molar-refractivity contribution in [1.82, 2.24) is 5.01 Å². The van der Waals surface area contributed by atoms with Crippen LogP contribution in [0.4, 0.5) is 5.69 Å². The zero-order valence-electron chi connectivity index (χ0n) is 19.5. The van der Waals surface area contributed by atoms with Crippen LogP contribution in [-0.2, 0) is 9.53 Å². The Bertz CT molecular complexity index is 1170. The van der Waals surface area contributed by atoms with Crippen LogP contribution in [0.5, 0.6) is 5.75 Å². The number of rotatable bonds is 7. The largest absolute Gasteiger partial charge is 0.497 e. The van der Waals surface area contributed by atoms with E-state index in [0.717, 1.165) is 28.3 Å². The van der Waals surface area contributed by atoms with Gasteiger partial charge in [-0.3, -0.25) is 4.79 Å². The number of esters is 1. The zero-order chi connectivity index (χ0) is 24.1. The van der Waals surface area contributed by atoms with Crippen molar-refractivity contribution in [3.05, 3.63) is 95.6 Å². The maximum absolute atomic E-state index is 13.1. The highest BCUT2D eigenvalue weighted by molar-refractivity contribution is 6.03. The van der Waals surface area contributed by atoms with E-state index in [0.29, 0.717) is 12.0 Å². The lowest BCUT2D eigenvalue weighted by Crippen LogP contribution is -2.31. The van der Waals surface area contributed by atoms with Crippen LogP contribution in [0.1, 0.15) is 33.9 Å². The standard InChI is InChI=1S/C27H27N3O4/c1-29(2)22-13-9-21(10-14-22)27(32)34-18-26(31)30-25(20-11-15-23(33-3)16-12-20)17-24(28-30)19-7-5-4-6-8-19/h4-16,25H,17-18H2,1-3H3. The molecule has 1 aliphatic rings. The van der Waals surface area contributed by atoms with Crippen LogP contribution in [0.15, 0.2) is 84.0 Å². The number of hydrogen-bond acceptors (Lipinski definition) is 6. The monoisotopic (exact) mass is 457 g/mol. The van der Waals surface area contributed by atoms with Crippen LogP contribution >= 0.6 is 0 Å². The summed E-state index contributed by atoms with van der Waals surface area (Å²) in [7, 11) is 5.45. The lowest BCUT2D eigenvalue weighted by Gasteiger charge is -2.22. The summed E-state index contributed by atoms with van der Waals surface area (Å²) in [5.74, 6) is -0.200. The summed E-state index contributed by atoms with van der Waals surface area (Å²) in [6.07, 6.45) is 0.558. The maximum atomic E-state index is 13.1. The average Bonchev–Trinajstić information content (AvgIpc) is 3.33. The summed E-state index contributed by atoms with van der Waals surface area (Å²) in [5.41, 5.74) is 4.04. The van der Waals surface area contributed by atoms with Crippen LogP contribution in [0.2, 0.25) is 0 Å². The van der Waals surface area contributed by atoms with E-state index in [1.165, 1.54) is 5.01 Å². The van der Waals surface area contributed by atoms with Crippen molar-refractivity contribution >= 4 is 23.3 Å². The van der Waals surface area contributed by atoms with Crippen LogP contribution in [0, 0.1) is 0 Å². The fourth-order valence-electron chi connectivity index (χ4n) is 3.80. The molecule has 1 aliphatic heterocycles. The molecule has 0 saturated carbocycles. The minimum Gasteiger partial charge on any atom is -0.497 e. The molecular formula is C27H27N3O4. The van der Waals surface area contributed by atoms with Gasteiger partial charge in [-0.2, -0.15) is 5.10 Å². The number of carbonyl (C=O) groups excluding carboxylic acids is 2. The van der Waals surface area contributed by atoms with Crippen LogP contribution in [0.3, 0.4) is 0 Å². The number of carbonyl (C=O) groups is 2. The van der Waals surface area contributed by atoms with Crippen molar-refractivity contribution in [2.45, 2.75) is 12.5 Å². The van der Waals surface area contributed by atoms with Gasteiger partial charge in [-0.25, -0.2) is 9.80 Å². The summed E-state index contributed by atoms with van der Waals surface area (Å²) in [5, 5.41) is 6.04. The first-order chi connectivity index (χ1) is 16.5. The van der Waals surface area contributed by atoms with Crippen molar-refractivity contribution in [1.29, 1.82) is 0 Å². The lowest BCUT2D eigenvalue weighted by molar-refractivity contribution is -0.136. The predicted molar refractivity (Wildman–Crippen MR) is 131 cm³/mol. The minimum absolute atomic E-state index is 0.299. The molecule has 4 rings (SSSR count). The molecule has 0 saturated heterocycles. The van der Waals surface area contributed by atoms with Gasteiger partial charge in [-0.05, 0) is 47.5 Å². The van der Waals surface area contributed by atoms with Gasteiger partial charge in [0.2, 0.25) is 0 Å². The Morgan fingerprint density at radius 2 is 1.65 bits per heavy atom. The molecular weight excluding hydrogens is 430 g/mol. The number of anilines is 1. The quantitative estimate of drug-likeness (QED) is 0.495. The van der Waals surface area contributed by atoms with Crippen molar-refractivity contribution in [2.24, 2.45) is 5.10 Å². The molecule has 0 N–H and O–H groups in total. The van der Waals surface area contributed by atoms with E-state index in [-0.39, 0.29) is 11.9 Å². The molecule has 0 aliphatic carbocycles. The van der Waals surface area contributed by atoms with E-state index < -0.39 is 12.6 Å². The zero-order valence-corrected chi connectivity index (χ0v) is 19.5. The molecule has 1 amide bonds. The van der Waals surface area contributed by atoms with Gasteiger partial charge in [-0.15, -0.1) is 0 Å². The summed E-state index contributed by atoms with van der Waals surface area (Å²) in [4.78, 5) is 27.6. The van der Waals surface area contributed by atoms with Crippen molar-refractivity contribution in [3.8, 4) is 5.75 Å². The normalized spacial score (nSPS) is 15.0. The molecule has 1 unspecified atom stereocenters. The highest BCUT2D eigenvalue weighted by Gasteiger charge is 2.33. The first-order valence-corrected chi connectivity index (χ1v) is 11.0. The summed E-state index contributed by atoms with van der Waals surface area (Å²) >= 11 is 0.